The Labute approximate surface area is 165 Å². The number of nitrogen functional groups attached to an aromatic ring is 1. The molecule has 0 saturated carbocycles. The molecule has 0 radical (unpaired) electrons. The lowest BCUT2D eigenvalue weighted by Gasteiger charge is -2.34. The van der Waals surface area contributed by atoms with Gasteiger partial charge in [0.1, 0.15) is 5.52 Å². The third-order valence-electron chi connectivity index (χ3n) is 6.14. The molecule has 2 aliphatic rings. The second-order valence-electron chi connectivity index (χ2n) is 7.96. The zero-order chi connectivity index (χ0) is 18.9. The highest BCUT2D eigenvalue weighted by atomic mass is 16.6. The fraction of sp³-hybridized carbons (Fsp3) is 0.455. The van der Waals surface area contributed by atoms with Crippen LogP contribution in [0.1, 0.15) is 38.5 Å². The van der Waals surface area contributed by atoms with E-state index in [2.05, 4.69) is 38.3 Å². The van der Waals surface area contributed by atoms with Gasteiger partial charge in [0, 0.05) is 48.7 Å². The number of nitrogens with zero attached hydrogens (tertiary/aromatic N) is 4. The van der Waals surface area contributed by atoms with Gasteiger partial charge in [-0.1, -0.05) is 6.07 Å². The third-order valence-corrected chi connectivity index (χ3v) is 6.14. The summed E-state index contributed by atoms with van der Waals surface area (Å²) in [6.07, 6.45) is 7.72. The van der Waals surface area contributed by atoms with Crippen LogP contribution in [0.3, 0.4) is 0 Å². The van der Waals surface area contributed by atoms with Gasteiger partial charge in [0.25, 0.3) is 0 Å². The molecule has 0 amide bonds. The quantitative estimate of drug-likeness (QED) is 0.680. The Balaban J connectivity index is 1.63. The second-order valence-corrected chi connectivity index (χ2v) is 7.96. The molecule has 2 aromatic carbocycles. The molecule has 0 bridgehead atoms. The molecule has 28 heavy (non-hydrogen) atoms. The predicted octanol–water partition coefficient (Wildman–Crippen LogP) is 4.45. The van der Waals surface area contributed by atoms with E-state index in [0.29, 0.717) is 11.2 Å². The van der Waals surface area contributed by atoms with E-state index in [0.717, 1.165) is 37.3 Å². The number of nitrogens with two attached hydrogens (primary N) is 1. The van der Waals surface area contributed by atoms with Gasteiger partial charge in [-0.05, 0) is 73.1 Å². The Bertz CT molecular complexity index is 970. The van der Waals surface area contributed by atoms with Crippen molar-refractivity contribution in [3.63, 3.8) is 0 Å². The molecule has 6 nitrogen and oxygen atoms in total. The molecule has 3 heterocycles. The standard InChI is InChI=1S/C22H27N5O/c23-19-10-9-18(21-22(19)25-28-24-21)17-8-7-16(26-11-3-1-4-12-26)15-20(17)27-13-5-2-6-14-27/h7-10,15H,1-6,11-14,23H2. The number of hydrogen-bond donors (Lipinski definition) is 1. The first-order chi connectivity index (χ1) is 13.8. The van der Waals surface area contributed by atoms with E-state index in [9.17, 15) is 0 Å². The SMILES string of the molecule is Nc1ccc(-c2ccc(N3CCCCC3)cc2N2CCCCC2)c2nonc12. The number of piperidine rings is 2. The van der Waals surface area contributed by atoms with Gasteiger partial charge >= 0.3 is 0 Å². The van der Waals surface area contributed by atoms with Gasteiger partial charge in [-0.3, -0.25) is 0 Å². The summed E-state index contributed by atoms with van der Waals surface area (Å²) in [5.41, 5.74) is 12.9. The molecule has 3 aromatic rings. The van der Waals surface area contributed by atoms with Gasteiger partial charge in [-0.25, -0.2) is 4.63 Å². The summed E-state index contributed by atoms with van der Waals surface area (Å²) in [6.45, 7) is 4.51. The lowest BCUT2D eigenvalue weighted by Crippen LogP contribution is -2.31. The van der Waals surface area contributed by atoms with E-state index in [1.807, 2.05) is 12.1 Å². The number of benzene rings is 2. The monoisotopic (exact) mass is 377 g/mol. The van der Waals surface area contributed by atoms with Gasteiger partial charge in [-0.15, -0.1) is 0 Å². The highest BCUT2D eigenvalue weighted by Crippen LogP contribution is 2.39. The number of rotatable bonds is 3. The number of hydrogen-bond acceptors (Lipinski definition) is 6. The van der Waals surface area contributed by atoms with Gasteiger partial charge in [0.15, 0.2) is 5.52 Å². The molecular weight excluding hydrogens is 350 g/mol. The molecule has 2 aliphatic heterocycles. The smallest absolute Gasteiger partial charge is 0.158 e. The van der Waals surface area contributed by atoms with E-state index >= 15 is 0 Å². The Hall–Kier alpha value is -2.76. The highest BCUT2D eigenvalue weighted by molar-refractivity contribution is 6.00. The minimum Gasteiger partial charge on any atom is -0.397 e. The maximum absolute atomic E-state index is 6.07. The van der Waals surface area contributed by atoms with Crippen LogP contribution in [-0.2, 0) is 0 Å². The zero-order valence-corrected chi connectivity index (χ0v) is 16.2. The van der Waals surface area contributed by atoms with Crippen LogP contribution >= 0.6 is 0 Å². The van der Waals surface area contributed by atoms with Gasteiger partial charge in [0.2, 0.25) is 0 Å². The predicted molar refractivity (Wildman–Crippen MR) is 114 cm³/mol. The molecule has 0 aliphatic carbocycles. The summed E-state index contributed by atoms with van der Waals surface area (Å²) < 4.78 is 5.01. The molecule has 0 atom stereocenters. The van der Waals surface area contributed by atoms with E-state index in [4.69, 9.17) is 10.4 Å². The van der Waals surface area contributed by atoms with Crippen LogP contribution in [-0.4, -0.2) is 36.5 Å². The summed E-state index contributed by atoms with van der Waals surface area (Å²) >= 11 is 0. The highest BCUT2D eigenvalue weighted by Gasteiger charge is 2.21. The zero-order valence-electron chi connectivity index (χ0n) is 16.2. The summed E-state index contributed by atoms with van der Waals surface area (Å²) in [5, 5.41) is 8.16. The average molecular weight is 377 g/mol. The van der Waals surface area contributed by atoms with Crippen molar-refractivity contribution in [3.8, 4) is 11.1 Å². The molecule has 146 valence electrons. The normalized spacial score (nSPS) is 18.0. The van der Waals surface area contributed by atoms with Crippen molar-refractivity contribution < 1.29 is 4.63 Å². The van der Waals surface area contributed by atoms with Crippen molar-refractivity contribution >= 4 is 28.1 Å². The van der Waals surface area contributed by atoms with E-state index in [1.54, 1.807) is 0 Å². The van der Waals surface area contributed by atoms with Crippen molar-refractivity contribution in [2.75, 3.05) is 41.7 Å². The molecule has 2 saturated heterocycles. The third kappa shape index (κ3) is 3.07. The lowest BCUT2D eigenvalue weighted by molar-refractivity contribution is 0.315. The second kappa shape index (κ2) is 7.34. The Morgan fingerprint density at radius 3 is 2.11 bits per heavy atom. The summed E-state index contributed by atoms with van der Waals surface area (Å²) in [7, 11) is 0. The maximum atomic E-state index is 6.07. The minimum atomic E-state index is 0.601. The van der Waals surface area contributed by atoms with Crippen LogP contribution in [0.25, 0.3) is 22.2 Å². The largest absolute Gasteiger partial charge is 0.397 e. The first kappa shape index (κ1) is 17.3. The van der Waals surface area contributed by atoms with Crippen LogP contribution in [0.5, 0.6) is 0 Å². The molecule has 1 aromatic heterocycles. The van der Waals surface area contributed by atoms with Crippen molar-refractivity contribution in [2.24, 2.45) is 0 Å². The summed E-state index contributed by atoms with van der Waals surface area (Å²) in [4.78, 5) is 5.05. The lowest BCUT2D eigenvalue weighted by atomic mass is 9.98. The first-order valence-corrected chi connectivity index (χ1v) is 10.5. The van der Waals surface area contributed by atoms with Gasteiger partial charge in [-0.2, -0.15) is 0 Å². The number of aromatic nitrogens is 2. The van der Waals surface area contributed by atoms with E-state index in [1.165, 1.54) is 55.5 Å². The molecule has 5 rings (SSSR count). The number of fused-ring (bicyclic) bond motifs is 1. The van der Waals surface area contributed by atoms with Gasteiger partial charge in [0.05, 0.1) is 5.69 Å². The van der Waals surface area contributed by atoms with Crippen LogP contribution < -0.4 is 15.5 Å². The number of anilines is 3. The van der Waals surface area contributed by atoms with Gasteiger partial charge < -0.3 is 15.5 Å². The molecular formula is C22H27N5O. The Morgan fingerprint density at radius 1 is 0.714 bits per heavy atom. The summed E-state index contributed by atoms with van der Waals surface area (Å²) in [6, 6.07) is 10.8. The molecule has 6 heteroatoms. The fourth-order valence-electron chi connectivity index (χ4n) is 4.60. The van der Waals surface area contributed by atoms with E-state index in [-0.39, 0.29) is 0 Å². The van der Waals surface area contributed by atoms with Crippen molar-refractivity contribution in [1.82, 2.24) is 10.3 Å². The van der Waals surface area contributed by atoms with Crippen molar-refractivity contribution in [1.29, 1.82) is 0 Å². The van der Waals surface area contributed by atoms with Crippen molar-refractivity contribution in [2.45, 2.75) is 38.5 Å². The van der Waals surface area contributed by atoms with Crippen LogP contribution in [0.15, 0.2) is 35.0 Å². The molecule has 2 N–H and O–H groups in total. The Kier molecular flexibility index (Phi) is 4.55. The van der Waals surface area contributed by atoms with Crippen LogP contribution in [0.2, 0.25) is 0 Å². The Morgan fingerprint density at radius 2 is 1.36 bits per heavy atom. The summed E-state index contributed by atoms with van der Waals surface area (Å²) in [5.74, 6) is 0. The van der Waals surface area contributed by atoms with E-state index < -0.39 is 0 Å². The molecule has 0 spiro atoms. The van der Waals surface area contributed by atoms with Crippen molar-refractivity contribution in [3.05, 3.63) is 30.3 Å². The topological polar surface area (TPSA) is 71.4 Å². The van der Waals surface area contributed by atoms with Crippen LogP contribution in [0, 0.1) is 0 Å². The maximum Gasteiger partial charge on any atom is 0.158 e. The molecule has 2 fully saturated rings. The minimum absolute atomic E-state index is 0.601. The fourth-order valence-corrected chi connectivity index (χ4v) is 4.60. The van der Waals surface area contributed by atoms with Crippen LogP contribution in [0.4, 0.5) is 17.1 Å². The first-order valence-electron chi connectivity index (χ1n) is 10.5. The molecule has 0 unspecified atom stereocenters. The average Bonchev–Trinajstić information content (AvgIpc) is 3.26.